The molecule has 5 nitrogen and oxygen atoms in total. The maximum Gasteiger partial charge on any atom is 0.212 e. The zero-order chi connectivity index (χ0) is 16.1. The van der Waals surface area contributed by atoms with Crippen molar-refractivity contribution in [3.8, 4) is 5.75 Å². The van der Waals surface area contributed by atoms with Crippen molar-refractivity contribution in [1.29, 1.82) is 0 Å². The van der Waals surface area contributed by atoms with Gasteiger partial charge >= 0.3 is 0 Å². The summed E-state index contributed by atoms with van der Waals surface area (Å²) in [4.78, 5) is 0. The third-order valence-corrected chi connectivity index (χ3v) is 6.48. The van der Waals surface area contributed by atoms with E-state index in [0.29, 0.717) is 13.0 Å². The smallest absolute Gasteiger partial charge is 0.212 e. The van der Waals surface area contributed by atoms with Crippen LogP contribution < -0.4 is 9.46 Å². The summed E-state index contributed by atoms with van der Waals surface area (Å²) in [6, 6.07) is 7.45. The SMILES string of the molecule is COc1ccc(CCS(=O)(=O)NC[C@@]2(OC)CCSC2)cc1. The molecular formula is C15H23NO4S2. The number of methoxy groups -OCH3 is 2. The number of nitrogens with one attached hydrogen (secondary N) is 1. The molecule has 1 aromatic rings. The molecule has 0 spiro atoms. The van der Waals surface area contributed by atoms with Gasteiger partial charge in [0.2, 0.25) is 10.0 Å². The van der Waals surface area contributed by atoms with Crippen molar-refractivity contribution >= 4 is 21.8 Å². The predicted octanol–water partition coefficient (Wildman–Crippen LogP) is 1.68. The molecule has 0 aromatic heterocycles. The normalized spacial score (nSPS) is 21.9. The molecule has 0 bridgehead atoms. The molecule has 1 N–H and O–H groups in total. The number of ether oxygens (including phenoxy) is 2. The molecule has 0 aliphatic carbocycles. The minimum absolute atomic E-state index is 0.0757. The number of sulfonamides is 1. The Labute approximate surface area is 136 Å². The minimum atomic E-state index is -3.30. The molecule has 1 aliphatic rings. The molecule has 0 saturated carbocycles. The lowest BCUT2D eigenvalue weighted by molar-refractivity contribution is 0.0179. The lowest BCUT2D eigenvalue weighted by Gasteiger charge is -2.26. The third-order valence-electron chi connectivity index (χ3n) is 3.93. The molecule has 1 saturated heterocycles. The Morgan fingerprint density at radius 2 is 2.00 bits per heavy atom. The standard InChI is InChI=1S/C15H23NO4S2/c1-19-14-5-3-13(4-6-14)7-10-22(17,18)16-11-15(20-2)8-9-21-12-15/h3-6,16H,7-12H2,1-2H3/t15-/m0/s1. The summed E-state index contributed by atoms with van der Waals surface area (Å²) in [7, 11) is -0.0439. The van der Waals surface area contributed by atoms with Crippen LogP contribution in [-0.2, 0) is 21.2 Å². The van der Waals surface area contributed by atoms with E-state index in [2.05, 4.69) is 4.72 Å². The molecular weight excluding hydrogens is 322 g/mol. The van der Waals surface area contributed by atoms with E-state index in [4.69, 9.17) is 9.47 Å². The van der Waals surface area contributed by atoms with E-state index in [1.807, 2.05) is 24.3 Å². The molecule has 124 valence electrons. The van der Waals surface area contributed by atoms with Crippen molar-refractivity contribution in [3.05, 3.63) is 29.8 Å². The molecule has 7 heteroatoms. The van der Waals surface area contributed by atoms with Crippen molar-refractivity contribution < 1.29 is 17.9 Å². The van der Waals surface area contributed by atoms with Crippen LogP contribution in [-0.4, -0.2) is 52.0 Å². The number of aryl methyl sites for hydroxylation is 1. The van der Waals surface area contributed by atoms with Gasteiger partial charge in [0.05, 0.1) is 18.5 Å². The maximum atomic E-state index is 12.1. The maximum absolute atomic E-state index is 12.1. The number of hydrogen-bond acceptors (Lipinski definition) is 5. The second-order valence-electron chi connectivity index (χ2n) is 5.43. The number of hydrogen-bond donors (Lipinski definition) is 1. The lowest BCUT2D eigenvalue weighted by Crippen LogP contribution is -2.45. The van der Waals surface area contributed by atoms with E-state index in [0.717, 1.165) is 29.2 Å². The predicted molar refractivity (Wildman–Crippen MR) is 90.2 cm³/mol. The van der Waals surface area contributed by atoms with Crippen LogP contribution in [0.25, 0.3) is 0 Å². The molecule has 1 fully saturated rings. The van der Waals surface area contributed by atoms with E-state index in [9.17, 15) is 8.42 Å². The third kappa shape index (κ3) is 4.87. The first-order valence-corrected chi connectivity index (χ1v) is 10.0. The molecule has 1 heterocycles. The summed E-state index contributed by atoms with van der Waals surface area (Å²) in [5.74, 6) is 2.70. The van der Waals surface area contributed by atoms with E-state index in [1.165, 1.54) is 0 Å². The summed E-state index contributed by atoms with van der Waals surface area (Å²) in [5.41, 5.74) is 0.627. The van der Waals surface area contributed by atoms with Gasteiger partial charge < -0.3 is 9.47 Å². The second-order valence-corrected chi connectivity index (χ2v) is 8.46. The van der Waals surface area contributed by atoms with Crippen LogP contribution in [0.5, 0.6) is 5.75 Å². The van der Waals surface area contributed by atoms with Crippen molar-refractivity contribution in [3.63, 3.8) is 0 Å². The molecule has 0 amide bonds. The van der Waals surface area contributed by atoms with Crippen molar-refractivity contribution in [1.82, 2.24) is 4.72 Å². The zero-order valence-corrected chi connectivity index (χ0v) is 14.6. The quantitative estimate of drug-likeness (QED) is 0.777. The first-order chi connectivity index (χ1) is 10.5. The van der Waals surface area contributed by atoms with Crippen molar-refractivity contribution in [2.24, 2.45) is 0 Å². The first-order valence-electron chi connectivity index (χ1n) is 7.22. The van der Waals surface area contributed by atoms with Gasteiger partial charge in [-0.3, -0.25) is 0 Å². The Kier molecular flexibility index (Phi) is 6.14. The Morgan fingerprint density at radius 3 is 2.55 bits per heavy atom. The highest BCUT2D eigenvalue weighted by molar-refractivity contribution is 7.99. The Morgan fingerprint density at radius 1 is 1.27 bits per heavy atom. The minimum Gasteiger partial charge on any atom is -0.497 e. The average Bonchev–Trinajstić information content (AvgIpc) is 3.01. The first kappa shape index (κ1) is 17.6. The topological polar surface area (TPSA) is 64.6 Å². The van der Waals surface area contributed by atoms with Crippen molar-refractivity contribution in [2.45, 2.75) is 18.4 Å². The average molecular weight is 345 g/mol. The molecule has 1 atom stereocenters. The van der Waals surface area contributed by atoms with Crippen molar-refractivity contribution in [2.75, 3.05) is 38.0 Å². The van der Waals surface area contributed by atoms with Crippen LogP contribution in [0.15, 0.2) is 24.3 Å². The van der Waals surface area contributed by atoms with Crippen LogP contribution in [0.2, 0.25) is 0 Å². The van der Waals surface area contributed by atoms with Gasteiger partial charge in [-0.05, 0) is 36.3 Å². The monoisotopic (exact) mass is 345 g/mol. The summed E-state index contributed by atoms with van der Waals surface area (Å²) >= 11 is 1.80. The van der Waals surface area contributed by atoms with E-state index in [-0.39, 0.29) is 11.4 Å². The summed E-state index contributed by atoms with van der Waals surface area (Å²) in [6.45, 7) is 0.349. The Hall–Kier alpha value is -0.760. The van der Waals surface area contributed by atoms with Crippen LogP contribution in [0.1, 0.15) is 12.0 Å². The van der Waals surface area contributed by atoms with Crippen LogP contribution in [0.4, 0.5) is 0 Å². The van der Waals surface area contributed by atoms with Gasteiger partial charge in [0, 0.05) is 19.4 Å². The number of thioether (sulfide) groups is 1. The van der Waals surface area contributed by atoms with Gasteiger partial charge in [0.15, 0.2) is 0 Å². The highest BCUT2D eigenvalue weighted by Gasteiger charge is 2.35. The van der Waals surface area contributed by atoms with E-state index < -0.39 is 10.0 Å². The fourth-order valence-corrected chi connectivity index (χ4v) is 4.85. The second kappa shape index (κ2) is 7.68. The van der Waals surface area contributed by atoms with E-state index in [1.54, 1.807) is 26.0 Å². The number of benzene rings is 1. The van der Waals surface area contributed by atoms with Gasteiger partial charge in [-0.2, -0.15) is 11.8 Å². The highest BCUT2D eigenvalue weighted by atomic mass is 32.2. The molecule has 1 aromatic carbocycles. The van der Waals surface area contributed by atoms with Gasteiger partial charge in [-0.1, -0.05) is 12.1 Å². The summed E-state index contributed by atoms with van der Waals surface area (Å²) < 4.78 is 37.6. The lowest BCUT2D eigenvalue weighted by atomic mass is 10.0. The fraction of sp³-hybridized carbons (Fsp3) is 0.600. The van der Waals surface area contributed by atoms with Crippen LogP contribution >= 0.6 is 11.8 Å². The van der Waals surface area contributed by atoms with E-state index >= 15 is 0 Å². The largest absolute Gasteiger partial charge is 0.497 e. The van der Waals surface area contributed by atoms with Gasteiger partial charge in [-0.25, -0.2) is 13.1 Å². The zero-order valence-electron chi connectivity index (χ0n) is 13.0. The van der Waals surface area contributed by atoms with Crippen LogP contribution in [0.3, 0.4) is 0 Å². The van der Waals surface area contributed by atoms with Gasteiger partial charge in [0.1, 0.15) is 5.75 Å². The highest BCUT2D eigenvalue weighted by Crippen LogP contribution is 2.30. The van der Waals surface area contributed by atoms with Crippen LogP contribution in [0, 0.1) is 0 Å². The summed E-state index contributed by atoms with van der Waals surface area (Å²) in [5, 5.41) is 0. The molecule has 2 rings (SSSR count). The molecule has 1 aliphatic heterocycles. The Bertz CT molecular complexity index is 566. The fourth-order valence-electron chi connectivity index (χ4n) is 2.32. The number of rotatable bonds is 8. The molecule has 0 unspecified atom stereocenters. The van der Waals surface area contributed by atoms with Gasteiger partial charge in [-0.15, -0.1) is 0 Å². The molecule has 0 radical (unpaired) electrons. The summed E-state index contributed by atoms with van der Waals surface area (Å²) in [6.07, 6.45) is 1.36. The Balaban J connectivity index is 1.85. The van der Waals surface area contributed by atoms with Gasteiger partial charge in [0.25, 0.3) is 0 Å². The molecule has 22 heavy (non-hydrogen) atoms.